The summed E-state index contributed by atoms with van der Waals surface area (Å²) < 4.78 is 0. The van der Waals surface area contributed by atoms with E-state index in [0.717, 1.165) is 29.8 Å². The number of rotatable bonds is 4. The number of non-ortho nitro benzene ring substituents is 1. The number of benzene rings is 1. The SMILES string of the molecule is CC(C)(NC(=O)c1n[nH]c2c1CNCC2)c1ccc([N+](=O)[O-])cc1.Cl. The highest BCUT2D eigenvalue weighted by Crippen LogP contribution is 2.24. The Hall–Kier alpha value is -2.45. The molecule has 1 aliphatic heterocycles. The largest absolute Gasteiger partial charge is 0.342 e. The van der Waals surface area contributed by atoms with Crippen LogP contribution < -0.4 is 10.6 Å². The predicted molar refractivity (Wildman–Crippen MR) is 94.8 cm³/mol. The average molecular weight is 366 g/mol. The number of nitrogens with zero attached hydrogens (tertiary/aromatic N) is 2. The van der Waals surface area contributed by atoms with Crippen molar-refractivity contribution in [1.82, 2.24) is 20.8 Å². The Kier molecular flexibility index (Phi) is 5.44. The van der Waals surface area contributed by atoms with Crippen LogP contribution in [0.1, 0.15) is 41.2 Å². The summed E-state index contributed by atoms with van der Waals surface area (Å²) in [6.07, 6.45) is 0.821. The second kappa shape index (κ2) is 7.20. The monoisotopic (exact) mass is 365 g/mol. The van der Waals surface area contributed by atoms with Gasteiger partial charge in [0.25, 0.3) is 11.6 Å². The summed E-state index contributed by atoms with van der Waals surface area (Å²) in [4.78, 5) is 22.9. The van der Waals surface area contributed by atoms with E-state index in [-0.39, 0.29) is 24.0 Å². The Bertz CT molecular complexity index is 786. The second-order valence-corrected chi connectivity index (χ2v) is 6.34. The molecule has 8 nitrogen and oxygen atoms in total. The first-order valence-corrected chi connectivity index (χ1v) is 7.73. The summed E-state index contributed by atoms with van der Waals surface area (Å²) >= 11 is 0. The smallest absolute Gasteiger partial charge is 0.272 e. The van der Waals surface area contributed by atoms with Crippen molar-refractivity contribution in [3.05, 3.63) is 56.9 Å². The zero-order valence-electron chi connectivity index (χ0n) is 14.0. The Morgan fingerprint density at radius 1 is 1.32 bits per heavy atom. The molecule has 0 radical (unpaired) electrons. The zero-order chi connectivity index (χ0) is 17.3. The fourth-order valence-electron chi connectivity index (χ4n) is 2.83. The van der Waals surface area contributed by atoms with Crippen LogP contribution in [-0.2, 0) is 18.5 Å². The maximum atomic E-state index is 12.6. The van der Waals surface area contributed by atoms with E-state index >= 15 is 0 Å². The number of hydrogen-bond donors (Lipinski definition) is 3. The molecule has 0 fully saturated rings. The number of aromatic nitrogens is 2. The second-order valence-electron chi connectivity index (χ2n) is 6.34. The van der Waals surface area contributed by atoms with Crippen LogP contribution in [0.5, 0.6) is 0 Å². The lowest BCUT2D eigenvalue weighted by Crippen LogP contribution is -2.41. The van der Waals surface area contributed by atoms with E-state index in [9.17, 15) is 14.9 Å². The zero-order valence-corrected chi connectivity index (χ0v) is 14.8. The van der Waals surface area contributed by atoms with Crippen molar-refractivity contribution in [3.8, 4) is 0 Å². The summed E-state index contributed by atoms with van der Waals surface area (Å²) in [5.41, 5.74) is 2.41. The third kappa shape index (κ3) is 3.80. The van der Waals surface area contributed by atoms with Gasteiger partial charge in [-0.15, -0.1) is 12.4 Å². The number of aromatic amines is 1. The van der Waals surface area contributed by atoms with Gasteiger partial charge in [0.05, 0.1) is 10.5 Å². The molecule has 0 aliphatic carbocycles. The molecular weight excluding hydrogens is 346 g/mol. The molecule has 0 saturated heterocycles. The van der Waals surface area contributed by atoms with Crippen molar-refractivity contribution in [3.63, 3.8) is 0 Å². The molecule has 1 aliphatic rings. The number of amides is 1. The van der Waals surface area contributed by atoms with Crippen LogP contribution in [-0.4, -0.2) is 27.6 Å². The lowest BCUT2D eigenvalue weighted by Gasteiger charge is -2.26. The fourth-order valence-corrected chi connectivity index (χ4v) is 2.83. The Balaban J connectivity index is 0.00000225. The molecule has 3 rings (SSSR count). The van der Waals surface area contributed by atoms with Gasteiger partial charge in [-0.3, -0.25) is 20.0 Å². The fraction of sp³-hybridized carbons (Fsp3) is 0.375. The molecule has 25 heavy (non-hydrogen) atoms. The first kappa shape index (κ1) is 18.9. The van der Waals surface area contributed by atoms with Crippen LogP contribution in [0.25, 0.3) is 0 Å². The number of nitrogens with one attached hydrogen (secondary N) is 3. The molecule has 0 spiro atoms. The van der Waals surface area contributed by atoms with Gasteiger partial charge in [-0.1, -0.05) is 0 Å². The van der Waals surface area contributed by atoms with Gasteiger partial charge in [-0.2, -0.15) is 5.10 Å². The summed E-state index contributed by atoms with van der Waals surface area (Å²) in [5, 5.41) is 24.0. The van der Waals surface area contributed by atoms with Gasteiger partial charge in [0.2, 0.25) is 0 Å². The molecule has 0 unspecified atom stereocenters. The molecule has 2 aromatic rings. The van der Waals surface area contributed by atoms with Gasteiger partial charge in [-0.05, 0) is 31.5 Å². The number of H-pyrrole nitrogens is 1. The molecule has 134 valence electrons. The maximum Gasteiger partial charge on any atom is 0.272 e. The standard InChI is InChI=1S/C16H19N5O3.ClH/c1-16(2,10-3-5-11(6-4-10)21(23)24)18-15(22)14-12-9-17-8-7-13(12)19-20-14;/h3-6,17H,7-9H2,1-2H3,(H,18,22)(H,19,20);1H. The first-order chi connectivity index (χ1) is 11.4. The van der Waals surface area contributed by atoms with Gasteiger partial charge in [-0.25, -0.2) is 0 Å². The van der Waals surface area contributed by atoms with E-state index in [1.165, 1.54) is 12.1 Å². The Labute approximate surface area is 151 Å². The van der Waals surface area contributed by atoms with Gasteiger partial charge in [0.1, 0.15) is 0 Å². The van der Waals surface area contributed by atoms with Gasteiger partial charge in [0, 0.05) is 42.9 Å². The molecule has 0 atom stereocenters. The normalized spacial score (nSPS) is 13.5. The van der Waals surface area contributed by atoms with Crippen molar-refractivity contribution in [2.75, 3.05) is 6.54 Å². The number of halogens is 1. The van der Waals surface area contributed by atoms with Crippen LogP contribution >= 0.6 is 12.4 Å². The van der Waals surface area contributed by atoms with Crippen LogP contribution in [0, 0.1) is 10.1 Å². The minimum Gasteiger partial charge on any atom is -0.342 e. The number of nitro benzene ring substituents is 1. The van der Waals surface area contributed by atoms with Crippen molar-refractivity contribution in [2.45, 2.75) is 32.4 Å². The van der Waals surface area contributed by atoms with Gasteiger partial charge in [0.15, 0.2) is 5.69 Å². The van der Waals surface area contributed by atoms with E-state index in [0.29, 0.717) is 12.2 Å². The maximum absolute atomic E-state index is 12.6. The van der Waals surface area contributed by atoms with Crippen molar-refractivity contribution >= 4 is 24.0 Å². The van der Waals surface area contributed by atoms with Gasteiger partial charge < -0.3 is 10.6 Å². The lowest BCUT2D eigenvalue weighted by molar-refractivity contribution is -0.384. The Morgan fingerprint density at radius 3 is 2.64 bits per heavy atom. The molecule has 9 heteroatoms. The number of fused-ring (bicyclic) bond motifs is 1. The number of carbonyl (C=O) groups is 1. The minimum absolute atomic E-state index is 0. The van der Waals surface area contributed by atoms with Crippen molar-refractivity contribution in [2.24, 2.45) is 0 Å². The third-order valence-electron chi connectivity index (χ3n) is 4.25. The number of hydrogen-bond acceptors (Lipinski definition) is 5. The summed E-state index contributed by atoms with van der Waals surface area (Å²) in [5.74, 6) is -0.264. The van der Waals surface area contributed by atoms with E-state index in [1.807, 2.05) is 13.8 Å². The van der Waals surface area contributed by atoms with Gasteiger partial charge >= 0.3 is 0 Å². The first-order valence-electron chi connectivity index (χ1n) is 7.73. The van der Waals surface area contributed by atoms with Crippen molar-refractivity contribution in [1.29, 1.82) is 0 Å². The summed E-state index contributed by atoms with van der Waals surface area (Å²) in [6, 6.07) is 6.17. The molecule has 0 bridgehead atoms. The van der Waals surface area contributed by atoms with Crippen LogP contribution in [0.15, 0.2) is 24.3 Å². The van der Waals surface area contributed by atoms with Crippen LogP contribution in [0.3, 0.4) is 0 Å². The van der Waals surface area contributed by atoms with E-state index in [4.69, 9.17) is 0 Å². The molecular formula is C16H20ClN5O3. The minimum atomic E-state index is -0.680. The molecule has 3 N–H and O–H groups in total. The number of carbonyl (C=O) groups excluding carboxylic acids is 1. The molecule has 1 amide bonds. The van der Waals surface area contributed by atoms with Crippen molar-refractivity contribution < 1.29 is 9.72 Å². The summed E-state index contributed by atoms with van der Waals surface area (Å²) in [7, 11) is 0. The van der Waals surface area contributed by atoms with Crippen LogP contribution in [0.4, 0.5) is 5.69 Å². The Morgan fingerprint density at radius 2 is 2.00 bits per heavy atom. The average Bonchev–Trinajstić information content (AvgIpc) is 2.98. The van der Waals surface area contributed by atoms with E-state index in [1.54, 1.807) is 12.1 Å². The summed E-state index contributed by atoms with van der Waals surface area (Å²) in [6.45, 7) is 5.18. The quantitative estimate of drug-likeness (QED) is 0.567. The number of nitro groups is 1. The molecule has 1 aromatic carbocycles. The lowest BCUT2D eigenvalue weighted by atomic mass is 9.93. The molecule has 1 aromatic heterocycles. The third-order valence-corrected chi connectivity index (χ3v) is 4.25. The molecule has 0 saturated carbocycles. The molecule has 2 heterocycles. The highest BCUT2D eigenvalue weighted by Gasteiger charge is 2.28. The topological polar surface area (TPSA) is 113 Å². The van der Waals surface area contributed by atoms with Crippen LogP contribution in [0.2, 0.25) is 0 Å². The van der Waals surface area contributed by atoms with E-state index < -0.39 is 10.5 Å². The highest BCUT2D eigenvalue weighted by molar-refractivity contribution is 5.94. The highest BCUT2D eigenvalue weighted by atomic mass is 35.5. The van der Waals surface area contributed by atoms with E-state index in [2.05, 4.69) is 20.8 Å². The predicted octanol–water partition coefficient (Wildman–Crippen LogP) is 2.05.